The molecule has 0 spiro atoms. The number of carbonyl (C=O) groups excluding carboxylic acids is 2. The van der Waals surface area contributed by atoms with Crippen LogP contribution in [0.2, 0.25) is 0 Å². The summed E-state index contributed by atoms with van der Waals surface area (Å²) in [6.45, 7) is 1.79. The van der Waals surface area contributed by atoms with Gasteiger partial charge in [-0.1, -0.05) is 6.92 Å². The molecule has 0 aromatic heterocycles. The van der Waals surface area contributed by atoms with Crippen molar-refractivity contribution in [3.8, 4) is 0 Å². The van der Waals surface area contributed by atoms with Crippen LogP contribution in [0.3, 0.4) is 0 Å². The lowest BCUT2D eigenvalue weighted by Gasteiger charge is -2.12. The van der Waals surface area contributed by atoms with Crippen molar-refractivity contribution in [3.05, 3.63) is 24.3 Å². The molecule has 0 fully saturated rings. The fourth-order valence-corrected chi connectivity index (χ4v) is 1.99. The second-order valence-corrected chi connectivity index (χ2v) is 5.34. The second kappa shape index (κ2) is 10.5. The van der Waals surface area contributed by atoms with Crippen LogP contribution >= 0.6 is 24.2 Å². The van der Waals surface area contributed by atoms with Crippen LogP contribution in [0.5, 0.6) is 0 Å². The molecule has 0 bridgehead atoms. The molecule has 1 atom stereocenters. The molecule has 0 saturated carbocycles. The van der Waals surface area contributed by atoms with E-state index in [0.29, 0.717) is 24.2 Å². The largest absolute Gasteiger partial charge is 0.326 e. The van der Waals surface area contributed by atoms with Gasteiger partial charge in [-0.25, -0.2) is 0 Å². The number of nitrogens with two attached hydrogens (primary N) is 1. The van der Waals surface area contributed by atoms with Gasteiger partial charge in [0, 0.05) is 17.8 Å². The third-order valence-electron chi connectivity index (χ3n) is 2.73. The number of rotatable bonds is 7. The first-order valence-electron chi connectivity index (χ1n) is 6.52. The number of hydrogen-bond donors (Lipinski definition) is 3. The normalized spacial score (nSPS) is 11.2. The Morgan fingerprint density at radius 1 is 1.19 bits per heavy atom. The Morgan fingerprint density at radius 2 is 1.71 bits per heavy atom. The monoisotopic (exact) mass is 331 g/mol. The number of nitrogens with one attached hydrogen (secondary N) is 2. The quantitative estimate of drug-likeness (QED) is 0.716. The van der Waals surface area contributed by atoms with E-state index in [1.165, 1.54) is 0 Å². The van der Waals surface area contributed by atoms with E-state index >= 15 is 0 Å². The molecule has 118 valence electrons. The molecule has 21 heavy (non-hydrogen) atoms. The molecule has 4 N–H and O–H groups in total. The van der Waals surface area contributed by atoms with Gasteiger partial charge in [0.15, 0.2) is 0 Å². The van der Waals surface area contributed by atoms with Crippen LogP contribution in [-0.4, -0.2) is 29.9 Å². The summed E-state index contributed by atoms with van der Waals surface area (Å²) in [7, 11) is 0. The van der Waals surface area contributed by atoms with E-state index in [4.69, 9.17) is 5.73 Å². The Kier molecular flexibility index (Phi) is 9.86. The molecule has 0 saturated heterocycles. The predicted molar refractivity (Wildman–Crippen MR) is 92.2 cm³/mol. The first-order chi connectivity index (χ1) is 9.56. The van der Waals surface area contributed by atoms with Crippen molar-refractivity contribution in [1.29, 1.82) is 0 Å². The Bertz CT molecular complexity index is 454. The van der Waals surface area contributed by atoms with Gasteiger partial charge in [-0.2, -0.15) is 11.8 Å². The number of thioether (sulfide) groups is 1. The maximum Gasteiger partial charge on any atom is 0.241 e. The average molecular weight is 332 g/mol. The molecular weight excluding hydrogens is 310 g/mol. The van der Waals surface area contributed by atoms with E-state index in [1.807, 2.05) is 6.26 Å². The zero-order valence-corrected chi connectivity index (χ0v) is 13.9. The van der Waals surface area contributed by atoms with Crippen molar-refractivity contribution in [3.63, 3.8) is 0 Å². The Morgan fingerprint density at radius 3 is 2.19 bits per heavy atom. The van der Waals surface area contributed by atoms with E-state index in [-0.39, 0.29) is 24.2 Å². The van der Waals surface area contributed by atoms with Gasteiger partial charge in [-0.3, -0.25) is 9.59 Å². The Labute approximate surface area is 135 Å². The van der Waals surface area contributed by atoms with Crippen LogP contribution in [0, 0.1) is 0 Å². The highest BCUT2D eigenvalue weighted by Crippen LogP contribution is 2.14. The smallest absolute Gasteiger partial charge is 0.241 e. The first kappa shape index (κ1) is 19.8. The zero-order valence-electron chi connectivity index (χ0n) is 12.2. The first-order valence-corrected chi connectivity index (χ1v) is 7.91. The van der Waals surface area contributed by atoms with Crippen molar-refractivity contribution in [2.24, 2.45) is 5.73 Å². The highest BCUT2D eigenvalue weighted by Gasteiger charge is 2.12. The Hall–Kier alpha value is -1.24. The van der Waals surface area contributed by atoms with Gasteiger partial charge < -0.3 is 16.4 Å². The summed E-state index contributed by atoms with van der Waals surface area (Å²) >= 11 is 1.66. The van der Waals surface area contributed by atoms with E-state index in [0.717, 1.165) is 5.75 Å². The van der Waals surface area contributed by atoms with Gasteiger partial charge in [0.25, 0.3) is 0 Å². The van der Waals surface area contributed by atoms with Crippen molar-refractivity contribution < 1.29 is 9.59 Å². The minimum atomic E-state index is -0.498. The minimum Gasteiger partial charge on any atom is -0.326 e. The van der Waals surface area contributed by atoms with Crippen molar-refractivity contribution in [2.75, 3.05) is 22.6 Å². The number of halogens is 1. The number of anilines is 2. The third kappa shape index (κ3) is 7.36. The zero-order chi connectivity index (χ0) is 15.0. The summed E-state index contributed by atoms with van der Waals surface area (Å²) in [4.78, 5) is 23.0. The molecule has 0 unspecified atom stereocenters. The van der Waals surface area contributed by atoms with Crippen molar-refractivity contribution >= 4 is 47.4 Å². The second-order valence-electron chi connectivity index (χ2n) is 4.36. The molecule has 0 aliphatic heterocycles. The van der Waals surface area contributed by atoms with Crippen LogP contribution in [-0.2, 0) is 9.59 Å². The van der Waals surface area contributed by atoms with Crippen LogP contribution in [0.1, 0.15) is 19.8 Å². The molecule has 0 aliphatic carbocycles. The lowest BCUT2D eigenvalue weighted by Crippen LogP contribution is -2.36. The lowest BCUT2D eigenvalue weighted by atomic mass is 10.2. The molecule has 1 rings (SSSR count). The SMILES string of the molecule is CCC(=O)Nc1ccc(NC(=O)[C@@H](N)CCSC)cc1.Cl. The van der Waals surface area contributed by atoms with E-state index in [2.05, 4.69) is 10.6 Å². The molecule has 1 aromatic rings. The average Bonchev–Trinajstić information content (AvgIpc) is 2.46. The summed E-state index contributed by atoms with van der Waals surface area (Å²) in [5.74, 6) is 0.626. The van der Waals surface area contributed by atoms with Gasteiger partial charge in [0.05, 0.1) is 6.04 Å². The van der Waals surface area contributed by atoms with Gasteiger partial charge >= 0.3 is 0 Å². The summed E-state index contributed by atoms with van der Waals surface area (Å²) in [5, 5.41) is 5.50. The number of carbonyl (C=O) groups is 2. The summed E-state index contributed by atoms with van der Waals surface area (Å²) in [6.07, 6.45) is 3.06. The van der Waals surface area contributed by atoms with Gasteiger partial charge in [-0.05, 0) is 42.7 Å². The van der Waals surface area contributed by atoms with Crippen LogP contribution < -0.4 is 16.4 Å². The minimum absolute atomic E-state index is 0. The summed E-state index contributed by atoms with van der Waals surface area (Å²) in [6, 6.07) is 6.48. The van der Waals surface area contributed by atoms with E-state index in [1.54, 1.807) is 43.0 Å². The van der Waals surface area contributed by atoms with Crippen LogP contribution in [0.25, 0.3) is 0 Å². The molecular formula is C14H22ClN3O2S. The standard InChI is InChI=1S/C14H21N3O2S.ClH/c1-3-13(18)16-10-4-6-11(7-5-10)17-14(19)12(15)8-9-20-2;/h4-7,12H,3,8-9,15H2,1-2H3,(H,16,18)(H,17,19);1H/t12-;/m0./s1. The van der Waals surface area contributed by atoms with Crippen LogP contribution in [0.4, 0.5) is 11.4 Å². The van der Waals surface area contributed by atoms with Gasteiger partial charge in [0.1, 0.15) is 0 Å². The van der Waals surface area contributed by atoms with Crippen molar-refractivity contribution in [1.82, 2.24) is 0 Å². The van der Waals surface area contributed by atoms with Crippen LogP contribution in [0.15, 0.2) is 24.3 Å². The van der Waals surface area contributed by atoms with Crippen molar-refractivity contribution in [2.45, 2.75) is 25.8 Å². The number of benzene rings is 1. The maximum atomic E-state index is 11.8. The van der Waals surface area contributed by atoms with E-state index < -0.39 is 6.04 Å². The maximum absolute atomic E-state index is 11.8. The van der Waals surface area contributed by atoms with E-state index in [9.17, 15) is 9.59 Å². The molecule has 0 heterocycles. The molecule has 7 heteroatoms. The fourth-order valence-electron chi connectivity index (χ4n) is 1.50. The Balaban J connectivity index is 0.00000400. The highest BCUT2D eigenvalue weighted by molar-refractivity contribution is 7.98. The summed E-state index contributed by atoms with van der Waals surface area (Å²) in [5.41, 5.74) is 7.16. The van der Waals surface area contributed by atoms with Gasteiger partial charge in [0.2, 0.25) is 11.8 Å². The fraction of sp³-hybridized carbons (Fsp3) is 0.429. The number of hydrogen-bond acceptors (Lipinski definition) is 4. The molecule has 0 aliphatic rings. The third-order valence-corrected chi connectivity index (χ3v) is 3.37. The molecule has 1 aromatic carbocycles. The highest BCUT2D eigenvalue weighted by atomic mass is 35.5. The summed E-state index contributed by atoms with van der Waals surface area (Å²) < 4.78 is 0. The number of amides is 2. The topological polar surface area (TPSA) is 84.2 Å². The molecule has 2 amide bonds. The molecule has 0 radical (unpaired) electrons. The lowest BCUT2D eigenvalue weighted by molar-refractivity contribution is -0.117. The molecule has 5 nitrogen and oxygen atoms in total. The van der Waals surface area contributed by atoms with Gasteiger partial charge in [-0.15, -0.1) is 12.4 Å². The predicted octanol–water partition coefficient (Wildman–Crippen LogP) is 2.48.